The number of amides is 1. The van der Waals surface area contributed by atoms with Crippen molar-refractivity contribution >= 4 is 51.7 Å². The van der Waals surface area contributed by atoms with E-state index in [-0.39, 0.29) is 11.5 Å². The number of hydrogen-bond donors (Lipinski definition) is 1. The Kier molecular flexibility index (Phi) is 6.01. The number of aromatic nitrogens is 2. The molecular weight excluding hydrogens is 428 g/mol. The minimum atomic E-state index is -0.258. The second kappa shape index (κ2) is 8.87. The molecule has 6 nitrogen and oxygen atoms in total. The largest absolute Gasteiger partial charge is 0.365 e. The molecule has 0 bridgehead atoms. The van der Waals surface area contributed by atoms with E-state index in [4.69, 9.17) is 12.2 Å². The van der Waals surface area contributed by atoms with Crippen molar-refractivity contribution in [1.29, 1.82) is 0 Å². The number of pyridine rings is 1. The van der Waals surface area contributed by atoms with Gasteiger partial charge in [-0.05, 0) is 30.7 Å². The Hall–Kier alpha value is -3.23. The summed E-state index contributed by atoms with van der Waals surface area (Å²) in [5.41, 5.74) is 2.81. The fourth-order valence-corrected chi connectivity index (χ4v) is 4.43. The van der Waals surface area contributed by atoms with E-state index in [1.807, 2.05) is 37.3 Å². The Morgan fingerprint density at radius 2 is 1.97 bits per heavy atom. The number of thioether (sulfide) groups is 1. The maximum absolute atomic E-state index is 13.2. The van der Waals surface area contributed by atoms with Crippen molar-refractivity contribution in [3.8, 4) is 0 Å². The number of nitrogens with zero attached hydrogens (tertiary/aromatic N) is 3. The molecule has 1 aliphatic rings. The van der Waals surface area contributed by atoms with Gasteiger partial charge in [-0.15, -0.1) is 6.58 Å². The average Bonchev–Trinajstić information content (AvgIpc) is 3.03. The predicted octanol–water partition coefficient (Wildman–Crippen LogP) is 4.00. The van der Waals surface area contributed by atoms with Crippen molar-refractivity contribution in [2.75, 3.05) is 11.9 Å². The van der Waals surface area contributed by atoms with Crippen molar-refractivity contribution in [1.82, 2.24) is 14.3 Å². The van der Waals surface area contributed by atoms with E-state index in [0.29, 0.717) is 39.3 Å². The van der Waals surface area contributed by atoms with Gasteiger partial charge < -0.3 is 5.32 Å². The van der Waals surface area contributed by atoms with Crippen LogP contribution in [0.1, 0.15) is 16.7 Å². The summed E-state index contributed by atoms with van der Waals surface area (Å²) in [6.45, 7) is 6.52. The number of hydrogen-bond acceptors (Lipinski definition) is 6. The molecule has 8 heteroatoms. The number of carbonyl (C=O) groups excluding carboxylic acids is 1. The smallest absolute Gasteiger partial charge is 0.267 e. The van der Waals surface area contributed by atoms with Crippen LogP contribution in [0.25, 0.3) is 11.7 Å². The molecule has 1 aliphatic heterocycles. The van der Waals surface area contributed by atoms with Crippen LogP contribution < -0.4 is 10.9 Å². The molecule has 0 spiro atoms. The highest BCUT2D eigenvalue weighted by Crippen LogP contribution is 2.32. The van der Waals surface area contributed by atoms with Gasteiger partial charge in [-0.25, -0.2) is 4.98 Å². The summed E-state index contributed by atoms with van der Waals surface area (Å²) in [7, 11) is 0. The number of anilines is 1. The van der Waals surface area contributed by atoms with Gasteiger partial charge in [0, 0.05) is 19.3 Å². The molecule has 1 amide bonds. The van der Waals surface area contributed by atoms with Crippen LogP contribution >= 0.6 is 24.0 Å². The highest BCUT2D eigenvalue weighted by Gasteiger charge is 2.31. The van der Waals surface area contributed by atoms with Gasteiger partial charge in [0.15, 0.2) is 0 Å². The van der Waals surface area contributed by atoms with Gasteiger partial charge in [0.25, 0.3) is 11.5 Å². The van der Waals surface area contributed by atoms with Crippen molar-refractivity contribution in [2.24, 2.45) is 0 Å². The van der Waals surface area contributed by atoms with Crippen LogP contribution in [0.2, 0.25) is 0 Å². The third-order valence-corrected chi connectivity index (χ3v) is 6.19. The molecule has 0 aliphatic carbocycles. The summed E-state index contributed by atoms with van der Waals surface area (Å²) >= 11 is 6.48. The van der Waals surface area contributed by atoms with E-state index in [1.54, 1.807) is 30.5 Å². The van der Waals surface area contributed by atoms with E-state index in [2.05, 4.69) is 16.9 Å². The fourth-order valence-electron chi connectivity index (χ4n) is 3.18. The first kappa shape index (κ1) is 21.0. The fraction of sp³-hybridized carbons (Fsp3) is 0.130. The summed E-state index contributed by atoms with van der Waals surface area (Å²) in [4.78, 5) is 32.5. The third-order valence-electron chi connectivity index (χ3n) is 4.81. The number of rotatable bonds is 6. The van der Waals surface area contributed by atoms with Gasteiger partial charge in [0.1, 0.15) is 15.8 Å². The normalized spacial score (nSPS) is 15.1. The lowest BCUT2D eigenvalue weighted by Crippen LogP contribution is -2.28. The predicted molar refractivity (Wildman–Crippen MR) is 130 cm³/mol. The van der Waals surface area contributed by atoms with E-state index < -0.39 is 0 Å². The molecule has 1 aromatic carbocycles. The summed E-state index contributed by atoms with van der Waals surface area (Å²) in [5, 5.41) is 3.27. The Balaban J connectivity index is 1.76. The van der Waals surface area contributed by atoms with Crippen LogP contribution in [0.4, 0.5) is 5.82 Å². The lowest BCUT2D eigenvalue weighted by molar-refractivity contribution is -0.121. The Labute approximate surface area is 189 Å². The number of thiocarbonyl (C=S) groups is 1. The van der Waals surface area contributed by atoms with Crippen LogP contribution in [0, 0.1) is 6.92 Å². The van der Waals surface area contributed by atoms with Gasteiger partial charge in [-0.3, -0.25) is 18.9 Å². The number of aryl methyl sites for hydroxylation is 1. The first-order valence-electron chi connectivity index (χ1n) is 9.65. The minimum absolute atomic E-state index is 0.239. The molecule has 31 heavy (non-hydrogen) atoms. The average molecular weight is 449 g/mol. The zero-order chi connectivity index (χ0) is 22.0. The van der Waals surface area contributed by atoms with E-state index in [0.717, 1.165) is 5.56 Å². The van der Waals surface area contributed by atoms with Crippen LogP contribution in [-0.4, -0.2) is 31.1 Å². The first-order chi connectivity index (χ1) is 15.0. The summed E-state index contributed by atoms with van der Waals surface area (Å²) < 4.78 is 1.91. The minimum Gasteiger partial charge on any atom is -0.365 e. The summed E-state index contributed by atoms with van der Waals surface area (Å²) in [6, 6.07) is 13.5. The van der Waals surface area contributed by atoms with Gasteiger partial charge in [-0.2, -0.15) is 0 Å². The maximum atomic E-state index is 13.2. The Morgan fingerprint density at radius 1 is 1.19 bits per heavy atom. The lowest BCUT2D eigenvalue weighted by atomic mass is 10.1. The monoisotopic (exact) mass is 448 g/mol. The molecule has 0 radical (unpaired) electrons. The standard InChI is InChI=1S/C23H20N4O2S2/c1-3-11-27-22(29)18(31-23(27)30)13-17-20(24-14-16-9-7-15(2)8-10-16)25-19-6-4-5-12-26(19)21(17)28/h3-10,12-13,24H,1,11,14H2,2H3/b18-13-. The number of benzene rings is 1. The molecule has 4 rings (SSSR count). The topological polar surface area (TPSA) is 66.7 Å². The van der Waals surface area contributed by atoms with E-state index in [1.165, 1.54) is 26.6 Å². The quantitative estimate of drug-likeness (QED) is 0.349. The van der Waals surface area contributed by atoms with E-state index in [9.17, 15) is 9.59 Å². The zero-order valence-corrected chi connectivity index (χ0v) is 18.5. The van der Waals surface area contributed by atoms with Crippen LogP contribution in [0.5, 0.6) is 0 Å². The SMILES string of the molecule is C=CCN1C(=O)/C(=C/c2c(NCc3ccc(C)cc3)nc3ccccn3c2=O)SC1=S. The van der Waals surface area contributed by atoms with Crippen LogP contribution in [0.15, 0.2) is 71.0 Å². The molecule has 1 fully saturated rings. The molecule has 0 atom stereocenters. The number of nitrogens with one attached hydrogen (secondary N) is 1. The second-order valence-corrected chi connectivity index (χ2v) is 8.70. The molecule has 3 heterocycles. The molecule has 0 saturated carbocycles. The van der Waals surface area contributed by atoms with Gasteiger partial charge in [0.2, 0.25) is 0 Å². The van der Waals surface area contributed by atoms with Crippen LogP contribution in [0.3, 0.4) is 0 Å². The molecule has 156 valence electrons. The molecule has 2 aromatic heterocycles. The van der Waals surface area contributed by atoms with E-state index >= 15 is 0 Å². The van der Waals surface area contributed by atoms with Crippen molar-refractivity contribution < 1.29 is 4.79 Å². The van der Waals surface area contributed by atoms with Crippen LogP contribution in [-0.2, 0) is 11.3 Å². The first-order valence-corrected chi connectivity index (χ1v) is 10.9. The van der Waals surface area contributed by atoms with Gasteiger partial charge in [0.05, 0.1) is 10.5 Å². The van der Waals surface area contributed by atoms with Crippen molar-refractivity contribution in [3.63, 3.8) is 0 Å². The molecule has 3 aromatic rings. The van der Waals surface area contributed by atoms with Crippen molar-refractivity contribution in [2.45, 2.75) is 13.5 Å². The highest BCUT2D eigenvalue weighted by atomic mass is 32.2. The van der Waals surface area contributed by atoms with Crippen molar-refractivity contribution in [3.05, 3.63) is 93.3 Å². The maximum Gasteiger partial charge on any atom is 0.267 e. The number of carbonyl (C=O) groups is 1. The molecule has 0 unspecified atom stereocenters. The highest BCUT2D eigenvalue weighted by molar-refractivity contribution is 8.26. The summed E-state index contributed by atoms with van der Waals surface area (Å²) in [6.07, 6.45) is 4.86. The van der Waals surface area contributed by atoms with Gasteiger partial charge >= 0.3 is 0 Å². The third kappa shape index (κ3) is 4.30. The zero-order valence-electron chi connectivity index (χ0n) is 16.9. The lowest BCUT2D eigenvalue weighted by Gasteiger charge is -2.12. The Bertz CT molecular complexity index is 1280. The number of fused-ring (bicyclic) bond motifs is 1. The molecule has 1 saturated heterocycles. The molecule has 1 N–H and O–H groups in total. The summed E-state index contributed by atoms with van der Waals surface area (Å²) in [5.74, 6) is 0.183. The second-order valence-electron chi connectivity index (χ2n) is 7.03. The molecular formula is C23H20N4O2S2. The Morgan fingerprint density at radius 3 is 2.71 bits per heavy atom. The van der Waals surface area contributed by atoms with Gasteiger partial charge in [-0.1, -0.05) is 66.0 Å².